The number of nitrogens with zero attached hydrogens (tertiary/aromatic N) is 5. The van der Waals surface area contributed by atoms with E-state index >= 15 is 0 Å². The first-order valence-corrected chi connectivity index (χ1v) is 5.06. The summed E-state index contributed by atoms with van der Waals surface area (Å²) < 4.78 is 0. The molecule has 8 heteroatoms. The van der Waals surface area contributed by atoms with Gasteiger partial charge in [-0.3, -0.25) is 9.80 Å². The summed E-state index contributed by atoms with van der Waals surface area (Å²) in [4.78, 5) is 10.8. The predicted octanol–water partition coefficient (Wildman–Crippen LogP) is -0.343. The molecule has 0 unspecified atom stereocenters. The zero-order valence-corrected chi connectivity index (χ0v) is 10.1. The number of aryl methyl sites for hydroxylation is 1. The van der Waals surface area contributed by atoms with E-state index in [4.69, 9.17) is 0 Å². The topological polar surface area (TPSA) is 99.2 Å². The van der Waals surface area contributed by atoms with Crippen molar-refractivity contribution in [1.82, 2.24) is 30.9 Å². The van der Waals surface area contributed by atoms with E-state index in [-0.39, 0.29) is 5.91 Å². The summed E-state index contributed by atoms with van der Waals surface area (Å²) in [7, 11) is 1.73. The third kappa shape index (κ3) is 3.67. The molecule has 0 aliphatic carbocycles. The number of hydrogen-bond acceptors (Lipinski definition) is 6. The van der Waals surface area contributed by atoms with E-state index in [1.807, 2.05) is 6.92 Å². The molecule has 0 saturated carbocycles. The number of H-pyrrole nitrogens is 1. The summed E-state index contributed by atoms with van der Waals surface area (Å²) in [5, 5.41) is 21.0. The number of rotatable bonds is 1. The molecule has 2 N–H and O–H groups in total. The summed E-state index contributed by atoms with van der Waals surface area (Å²) in [6.07, 6.45) is 0.844. The lowest BCUT2D eigenvalue weighted by molar-refractivity contribution is -0.115. The molecule has 0 bridgehead atoms. The van der Waals surface area contributed by atoms with Crippen LogP contribution in [0.15, 0.2) is 17.5 Å². The van der Waals surface area contributed by atoms with Crippen molar-refractivity contribution in [2.24, 2.45) is 5.10 Å². The number of aromatic nitrogens is 4. The van der Waals surface area contributed by atoms with Gasteiger partial charge in [-0.15, -0.1) is 10.2 Å². The number of aromatic amines is 1. The largest absolute Gasteiger partial charge is 0.306 e. The van der Waals surface area contributed by atoms with E-state index in [2.05, 4.69) is 37.6 Å². The van der Waals surface area contributed by atoms with Crippen molar-refractivity contribution < 1.29 is 4.79 Å². The number of tetrazole rings is 1. The molecule has 2 rings (SSSR count). The maximum Gasteiger partial charge on any atom is 0.272 e. The minimum Gasteiger partial charge on any atom is -0.306 e. The normalized spacial score (nSPS) is 14.8. The Hall–Kier alpha value is -2.25. The number of amides is 1. The number of hydrazone groups is 1. The fraction of sp³-hybridized carbons (Fsp3) is 0.444. The van der Waals surface area contributed by atoms with Gasteiger partial charge in [-0.25, -0.2) is 0 Å². The number of hydrogen-bond donors (Lipinski definition) is 2. The van der Waals surface area contributed by atoms with Gasteiger partial charge in [-0.1, -0.05) is 18.7 Å². The number of carbonyl (C=O) groups is 1. The maximum absolute atomic E-state index is 10.8. The standard InChI is InChI=1S/C6H9N3O.C3H6N4/c1-4-6(10)7-5(2)9(3)8-4;1-2-3-4-6-7-5-3/h2H2,1,3H3,(H,7,10);2H2,1H3,(H,4,5,6,7). The average molecular weight is 237 g/mol. The van der Waals surface area contributed by atoms with Crippen LogP contribution in [-0.4, -0.2) is 44.3 Å². The van der Waals surface area contributed by atoms with Gasteiger partial charge >= 0.3 is 0 Å². The molecule has 0 radical (unpaired) electrons. The first kappa shape index (κ1) is 12.8. The predicted molar refractivity (Wildman–Crippen MR) is 61.7 cm³/mol. The SMILES string of the molecule is C=C1NC(=O)C(C)=NN1C.CCc1nn[nH]n1. The van der Waals surface area contributed by atoms with Gasteiger partial charge in [0.15, 0.2) is 5.82 Å². The number of nitrogens with one attached hydrogen (secondary N) is 2. The van der Waals surface area contributed by atoms with Gasteiger partial charge < -0.3 is 5.32 Å². The molecule has 0 spiro atoms. The first-order chi connectivity index (χ1) is 8.04. The Morgan fingerprint density at radius 1 is 1.47 bits per heavy atom. The Labute approximate surface area is 98.8 Å². The minimum absolute atomic E-state index is 0.178. The first-order valence-electron chi connectivity index (χ1n) is 5.06. The smallest absolute Gasteiger partial charge is 0.272 e. The van der Waals surface area contributed by atoms with Crippen molar-refractivity contribution in [1.29, 1.82) is 0 Å². The molecular formula is C9H15N7O. The lowest BCUT2D eigenvalue weighted by atomic mass is 10.4. The molecule has 92 valence electrons. The summed E-state index contributed by atoms with van der Waals surface area (Å²) >= 11 is 0. The molecule has 0 fully saturated rings. The molecule has 0 atom stereocenters. The van der Waals surface area contributed by atoms with Crippen LogP contribution in [0.3, 0.4) is 0 Å². The molecule has 0 aromatic carbocycles. The monoisotopic (exact) mass is 237 g/mol. The highest BCUT2D eigenvalue weighted by molar-refractivity contribution is 6.38. The molecule has 1 amide bonds. The summed E-state index contributed by atoms with van der Waals surface area (Å²) in [6, 6.07) is 0. The molecule has 1 aliphatic rings. The van der Waals surface area contributed by atoms with Crippen LogP contribution in [-0.2, 0) is 11.2 Å². The molecule has 1 aromatic heterocycles. The zero-order chi connectivity index (χ0) is 12.8. The molecule has 1 aromatic rings. The van der Waals surface area contributed by atoms with Crippen molar-refractivity contribution in [3.8, 4) is 0 Å². The summed E-state index contributed by atoms with van der Waals surface area (Å²) in [5.74, 6) is 1.10. The van der Waals surface area contributed by atoms with Gasteiger partial charge in [0.25, 0.3) is 5.91 Å². The Kier molecular flexibility index (Phi) is 4.32. The number of carbonyl (C=O) groups excluding carboxylic acids is 1. The maximum atomic E-state index is 10.8. The van der Waals surface area contributed by atoms with Crippen molar-refractivity contribution in [2.75, 3.05) is 7.05 Å². The fourth-order valence-electron chi connectivity index (χ4n) is 0.965. The third-order valence-electron chi connectivity index (χ3n) is 1.98. The second-order valence-electron chi connectivity index (χ2n) is 3.29. The zero-order valence-electron chi connectivity index (χ0n) is 10.1. The van der Waals surface area contributed by atoms with Crippen molar-refractivity contribution in [3.63, 3.8) is 0 Å². The quantitative estimate of drug-likeness (QED) is 0.696. The lowest BCUT2D eigenvalue weighted by Gasteiger charge is -2.21. The van der Waals surface area contributed by atoms with Gasteiger partial charge in [0.2, 0.25) is 0 Å². The summed E-state index contributed by atoms with van der Waals surface area (Å²) in [6.45, 7) is 7.20. The van der Waals surface area contributed by atoms with Crippen LogP contribution < -0.4 is 5.32 Å². The van der Waals surface area contributed by atoms with Crippen LogP contribution in [0.25, 0.3) is 0 Å². The Morgan fingerprint density at radius 2 is 2.18 bits per heavy atom. The van der Waals surface area contributed by atoms with Crippen LogP contribution in [0.1, 0.15) is 19.7 Å². The second kappa shape index (κ2) is 5.73. The van der Waals surface area contributed by atoms with Crippen molar-refractivity contribution in [2.45, 2.75) is 20.3 Å². The van der Waals surface area contributed by atoms with Gasteiger partial charge in [0.1, 0.15) is 11.5 Å². The highest BCUT2D eigenvalue weighted by Crippen LogP contribution is 2.00. The second-order valence-corrected chi connectivity index (χ2v) is 3.29. The highest BCUT2D eigenvalue weighted by Gasteiger charge is 2.15. The lowest BCUT2D eigenvalue weighted by Crippen LogP contribution is -2.39. The van der Waals surface area contributed by atoms with Crippen molar-refractivity contribution in [3.05, 3.63) is 18.2 Å². The van der Waals surface area contributed by atoms with Crippen molar-refractivity contribution >= 4 is 11.6 Å². The van der Waals surface area contributed by atoms with Crippen LogP contribution in [0.4, 0.5) is 0 Å². The molecule has 17 heavy (non-hydrogen) atoms. The van der Waals surface area contributed by atoms with Crippen LogP contribution in [0.2, 0.25) is 0 Å². The Bertz CT molecular complexity index is 423. The molecule has 1 aliphatic heterocycles. The Balaban J connectivity index is 0.000000181. The Morgan fingerprint density at radius 3 is 2.59 bits per heavy atom. The minimum atomic E-state index is -0.178. The molecular weight excluding hydrogens is 222 g/mol. The van der Waals surface area contributed by atoms with E-state index in [0.717, 1.165) is 12.2 Å². The van der Waals surface area contributed by atoms with Crippen LogP contribution >= 0.6 is 0 Å². The van der Waals surface area contributed by atoms with Crippen LogP contribution in [0, 0.1) is 0 Å². The van der Waals surface area contributed by atoms with E-state index in [0.29, 0.717) is 11.5 Å². The summed E-state index contributed by atoms with van der Waals surface area (Å²) in [5.41, 5.74) is 0.454. The molecule has 0 saturated heterocycles. The van der Waals surface area contributed by atoms with Crippen LogP contribution in [0.5, 0.6) is 0 Å². The fourth-order valence-corrected chi connectivity index (χ4v) is 0.965. The van der Waals surface area contributed by atoms with Gasteiger partial charge in [0.05, 0.1) is 0 Å². The van der Waals surface area contributed by atoms with E-state index in [9.17, 15) is 4.79 Å². The van der Waals surface area contributed by atoms with E-state index in [1.165, 1.54) is 5.01 Å². The van der Waals surface area contributed by atoms with Gasteiger partial charge in [-0.05, 0) is 6.92 Å². The van der Waals surface area contributed by atoms with E-state index < -0.39 is 0 Å². The highest BCUT2D eigenvalue weighted by atomic mass is 16.2. The molecule has 2 heterocycles. The van der Waals surface area contributed by atoms with Gasteiger partial charge in [-0.2, -0.15) is 10.3 Å². The van der Waals surface area contributed by atoms with E-state index in [1.54, 1.807) is 14.0 Å². The molecule has 8 nitrogen and oxygen atoms in total. The van der Waals surface area contributed by atoms with Gasteiger partial charge in [0, 0.05) is 13.5 Å². The average Bonchev–Trinajstić information content (AvgIpc) is 2.80. The third-order valence-corrected chi connectivity index (χ3v) is 1.98.